The molecule has 0 aliphatic carbocycles. The van der Waals surface area contributed by atoms with Gasteiger partial charge in [0.2, 0.25) is 5.88 Å². The van der Waals surface area contributed by atoms with Crippen LogP contribution in [0.25, 0.3) is 0 Å². The van der Waals surface area contributed by atoms with E-state index in [1.54, 1.807) is 6.07 Å². The summed E-state index contributed by atoms with van der Waals surface area (Å²) in [5, 5.41) is 8.70. The first-order valence-corrected chi connectivity index (χ1v) is 4.09. The van der Waals surface area contributed by atoms with Gasteiger partial charge in [0.25, 0.3) is 0 Å². The summed E-state index contributed by atoms with van der Waals surface area (Å²) in [7, 11) is 1.52. The minimum atomic E-state index is 0.465. The SMILES string of the molecule is COc1cc(C#N)c(Br)c(C)n1. The van der Waals surface area contributed by atoms with Crippen molar-refractivity contribution in [3.05, 3.63) is 21.8 Å². The minimum absolute atomic E-state index is 0.465. The molecule has 0 saturated heterocycles. The lowest BCUT2D eigenvalue weighted by Crippen LogP contribution is -1.93. The first-order valence-electron chi connectivity index (χ1n) is 3.30. The van der Waals surface area contributed by atoms with E-state index in [1.807, 2.05) is 13.0 Å². The molecule has 3 nitrogen and oxygen atoms in total. The summed E-state index contributed by atoms with van der Waals surface area (Å²) >= 11 is 3.26. The van der Waals surface area contributed by atoms with Crippen molar-refractivity contribution >= 4 is 15.9 Å². The number of ether oxygens (including phenoxy) is 1. The third kappa shape index (κ3) is 1.56. The summed E-state index contributed by atoms with van der Waals surface area (Å²) in [5.74, 6) is 0.465. The molecule has 0 bridgehead atoms. The van der Waals surface area contributed by atoms with E-state index in [4.69, 9.17) is 10.00 Å². The van der Waals surface area contributed by atoms with Crippen LogP contribution in [0.3, 0.4) is 0 Å². The molecule has 0 unspecified atom stereocenters. The van der Waals surface area contributed by atoms with Crippen LogP contribution in [0.5, 0.6) is 5.88 Å². The molecule has 0 atom stereocenters. The summed E-state index contributed by atoms with van der Waals surface area (Å²) in [6, 6.07) is 3.64. The van der Waals surface area contributed by atoms with Gasteiger partial charge in [0.05, 0.1) is 22.8 Å². The highest BCUT2D eigenvalue weighted by atomic mass is 79.9. The average molecular weight is 227 g/mol. The zero-order valence-electron chi connectivity index (χ0n) is 6.76. The summed E-state index contributed by atoms with van der Waals surface area (Å²) in [6.45, 7) is 1.81. The van der Waals surface area contributed by atoms with Crippen LogP contribution in [0.15, 0.2) is 10.5 Å². The van der Waals surface area contributed by atoms with Crippen molar-refractivity contribution in [3.8, 4) is 11.9 Å². The highest BCUT2D eigenvalue weighted by molar-refractivity contribution is 9.10. The summed E-state index contributed by atoms with van der Waals surface area (Å²) < 4.78 is 5.64. The Balaban J connectivity index is 3.31. The maximum absolute atomic E-state index is 8.70. The molecule has 0 amide bonds. The number of pyridine rings is 1. The smallest absolute Gasteiger partial charge is 0.214 e. The normalized spacial score (nSPS) is 9.17. The lowest BCUT2D eigenvalue weighted by Gasteiger charge is -2.03. The molecule has 0 radical (unpaired) electrons. The quantitative estimate of drug-likeness (QED) is 0.737. The predicted molar refractivity (Wildman–Crippen MR) is 47.9 cm³/mol. The van der Waals surface area contributed by atoms with E-state index in [0.717, 1.165) is 10.2 Å². The molecule has 62 valence electrons. The van der Waals surface area contributed by atoms with Gasteiger partial charge in [-0.15, -0.1) is 0 Å². The number of methoxy groups -OCH3 is 1. The van der Waals surface area contributed by atoms with Crippen LogP contribution in [0.4, 0.5) is 0 Å². The zero-order valence-corrected chi connectivity index (χ0v) is 8.34. The molecule has 12 heavy (non-hydrogen) atoms. The van der Waals surface area contributed by atoms with Gasteiger partial charge in [0.1, 0.15) is 6.07 Å². The van der Waals surface area contributed by atoms with E-state index in [1.165, 1.54) is 7.11 Å². The van der Waals surface area contributed by atoms with Crippen molar-refractivity contribution < 1.29 is 4.74 Å². The number of rotatable bonds is 1. The maximum Gasteiger partial charge on any atom is 0.214 e. The number of halogens is 1. The third-order valence-electron chi connectivity index (χ3n) is 1.43. The van der Waals surface area contributed by atoms with Crippen molar-refractivity contribution in [1.29, 1.82) is 5.26 Å². The molecule has 0 saturated carbocycles. The van der Waals surface area contributed by atoms with E-state index in [2.05, 4.69) is 20.9 Å². The molecule has 0 aliphatic rings. The highest BCUT2D eigenvalue weighted by Crippen LogP contribution is 2.22. The van der Waals surface area contributed by atoms with Gasteiger partial charge in [0.15, 0.2) is 0 Å². The summed E-state index contributed by atoms with van der Waals surface area (Å²) in [5.41, 5.74) is 1.30. The number of aryl methyl sites for hydroxylation is 1. The monoisotopic (exact) mass is 226 g/mol. The second kappa shape index (κ2) is 3.55. The molecule has 1 aromatic rings. The maximum atomic E-state index is 8.70. The molecule has 1 aromatic heterocycles. The number of aromatic nitrogens is 1. The van der Waals surface area contributed by atoms with Crippen molar-refractivity contribution in [1.82, 2.24) is 4.98 Å². The summed E-state index contributed by atoms with van der Waals surface area (Å²) in [4.78, 5) is 4.08. The molecular formula is C8H7BrN2O. The average Bonchev–Trinajstić information content (AvgIpc) is 2.09. The molecule has 1 rings (SSSR count). The predicted octanol–water partition coefficient (Wildman–Crippen LogP) is 2.03. The Morgan fingerprint density at radius 1 is 1.67 bits per heavy atom. The number of hydrogen-bond acceptors (Lipinski definition) is 3. The van der Waals surface area contributed by atoms with Gasteiger partial charge < -0.3 is 4.74 Å². The van der Waals surface area contributed by atoms with Crippen LogP contribution >= 0.6 is 15.9 Å². The molecule has 0 aliphatic heterocycles. The van der Waals surface area contributed by atoms with Gasteiger partial charge in [-0.3, -0.25) is 0 Å². The zero-order chi connectivity index (χ0) is 9.14. The molecule has 4 heteroatoms. The Morgan fingerprint density at radius 3 is 2.83 bits per heavy atom. The second-order valence-corrected chi connectivity index (χ2v) is 3.02. The molecular weight excluding hydrogens is 220 g/mol. The lowest BCUT2D eigenvalue weighted by molar-refractivity contribution is 0.396. The van der Waals surface area contributed by atoms with Crippen molar-refractivity contribution in [2.45, 2.75) is 6.92 Å². The van der Waals surface area contributed by atoms with Gasteiger partial charge in [-0.25, -0.2) is 4.98 Å². The second-order valence-electron chi connectivity index (χ2n) is 2.22. The fraction of sp³-hybridized carbons (Fsp3) is 0.250. The van der Waals surface area contributed by atoms with Gasteiger partial charge in [-0.1, -0.05) is 0 Å². The van der Waals surface area contributed by atoms with Crippen LogP contribution in [-0.2, 0) is 0 Å². The van der Waals surface area contributed by atoms with Gasteiger partial charge in [-0.05, 0) is 22.9 Å². The van der Waals surface area contributed by atoms with Crippen molar-refractivity contribution in [2.24, 2.45) is 0 Å². The molecule has 0 N–H and O–H groups in total. The molecule has 0 spiro atoms. The number of hydrogen-bond donors (Lipinski definition) is 0. The van der Waals surface area contributed by atoms with E-state index < -0.39 is 0 Å². The first kappa shape index (κ1) is 9.01. The van der Waals surface area contributed by atoms with Crippen LogP contribution in [0.1, 0.15) is 11.3 Å². The van der Waals surface area contributed by atoms with Gasteiger partial charge >= 0.3 is 0 Å². The Hall–Kier alpha value is -1.08. The van der Waals surface area contributed by atoms with E-state index in [-0.39, 0.29) is 0 Å². The topological polar surface area (TPSA) is 45.9 Å². The van der Waals surface area contributed by atoms with Gasteiger partial charge in [-0.2, -0.15) is 5.26 Å². The van der Waals surface area contributed by atoms with Crippen LogP contribution in [0.2, 0.25) is 0 Å². The van der Waals surface area contributed by atoms with Crippen LogP contribution < -0.4 is 4.74 Å². The van der Waals surface area contributed by atoms with Crippen LogP contribution in [0, 0.1) is 18.3 Å². The Labute approximate surface area is 79.1 Å². The largest absolute Gasteiger partial charge is 0.481 e. The van der Waals surface area contributed by atoms with Gasteiger partial charge in [0, 0.05) is 6.07 Å². The Bertz CT molecular complexity index is 344. The Morgan fingerprint density at radius 2 is 2.33 bits per heavy atom. The fourth-order valence-corrected chi connectivity index (χ4v) is 1.11. The highest BCUT2D eigenvalue weighted by Gasteiger charge is 2.06. The molecule has 1 heterocycles. The number of nitriles is 1. The minimum Gasteiger partial charge on any atom is -0.481 e. The van der Waals surface area contributed by atoms with E-state index >= 15 is 0 Å². The van der Waals surface area contributed by atoms with Crippen molar-refractivity contribution in [2.75, 3.05) is 7.11 Å². The molecule has 0 aromatic carbocycles. The van der Waals surface area contributed by atoms with Crippen LogP contribution in [-0.4, -0.2) is 12.1 Å². The molecule has 0 fully saturated rings. The van der Waals surface area contributed by atoms with E-state index in [0.29, 0.717) is 11.4 Å². The third-order valence-corrected chi connectivity index (χ3v) is 2.43. The van der Waals surface area contributed by atoms with Crippen molar-refractivity contribution in [3.63, 3.8) is 0 Å². The Kier molecular flexibility index (Phi) is 2.66. The first-order chi connectivity index (χ1) is 5.69. The number of nitrogens with zero attached hydrogens (tertiary/aromatic N) is 2. The van der Waals surface area contributed by atoms with E-state index in [9.17, 15) is 0 Å². The summed E-state index contributed by atoms with van der Waals surface area (Å²) in [6.07, 6.45) is 0. The fourth-order valence-electron chi connectivity index (χ4n) is 0.814. The lowest BCUT2D eigenvalue weighted by atomic mass is 10.2. The standard InChI is InChI=1S/C8H7BrN2O/c1-5-8(9)6(4-10)3-7(11-5)12-2/h3H,1-2H3.